The molecule has 0 radical (unpaired) electrons. The van der Waals surface area contributed by atoms with Gasteiger partial charge >= 0.3 is 11.9 Å². The standard InChI is InChI=1S/C27H36N2O6/c1-15(2)34-12-13-35-27(32)22-17(4)28-20-14-16(3)21(26(31)33-7)25(30)24(20)23(22)18-8-10-19(11-9-18)29(5)6/h8-11,15-16,21,23,28H,12-14H2,1-7H3/t16-,21+,23+/m1/s1. The summed E-state index contributed by atoms with van der Waals surface area (Å²) in [4.78, 5) is 41.6. The lowest BCUT2D eigenvalue weighted by Gasteiger charge is -2.38. The number of dihydropyridines is 1. The van der Waals surface area contributed by atoms with E-state index in [4.69, 9.17) is 14.2 Å². The summed E-state index contributed by atoms with van der Waals surface area (Å²) in [6.45, 7) is 7.88. The average molecular weight is 485 g/mol. The van der Waals surface area contributed by atoms with Crippen molar-refractivity contribution >= 4 is 23.4 Å². The molecule has 0 unspecified atom stereocenters. The number of nitrogens with one attached hydrogen (secondary N) is 1. The van der Waals surface area contributed by atoms with Crippen LogP contribution in [0.5, 0.6) is 0 Å². The van der Waals surface area contributed by atoms with Gasteiger partial charge in [-0.3, -0.25) is 9.59 Å². The molecule has 8 nitrogen and oxygen atoms in total. The van der Waals surface area contributed by atoms with Crippen LogP contribution < -0.4 is 10.2 Å². The number of carbonyl (C=O) groups excluding carboxylic acids is 3. The molecule has 1 aliphatic carbocycles. The number of nitrogens with zero attached hydrogens (tertiary/aromatic N) is 1. The molecule has 0 saturated carbocycles. The van der Waals surface area contributed by atoms with E-state index in [-0.39, 0.29) is 31.0 Å². The Balaban J connectivity index is 2.05. The lowest BCUT2D eigenvalue weighted by molar-refractivity contribution is -0.151. The van der Waals surface area contributed by atoms with Gasteiger partial charge in [-0.25, -0.2) is 4.79 Å². The molecule has 2 aliphatic rings. The molecule has 35 heavy (non-hydrogen) atoms. The third-order valence-electron chi connectivity index (χ3n) is 6.47. The van der Waals surface area contributed by atoms with E-state index in [0.717, 1.165) is 16.9 Å². The second kappa shape index (κ2) is 11.1. The third kappa shape index (κ3) is 5.59. The van der Waals surface area contributed by atoms with Crippen LogP contribution in [-0.4, -0.2) is 58.2 Å². The van der Waals surface area contributed by atoms with E-state index in [1.165, 1.54) is 7.11 Å². The Labute approximate surface area is 207 Å². The van der Waals surface area contributed by atoms with Gasteiger partial charge in [-0.15, -0.1) is 0 Å². The number of benzene rings is 1. The predicted molar refractivity (Wildman–Crippen MR) is 133 cm³/mol. The van der Waals surface area contributed by atoms with Gasteiger partial charge in [-0.2, -0.15) is 0 Å². The molecular formula is C27H36N2O6. The maximum absolute atomic E-state index is 13.7. The average Bonchev–Trinajstić information content (AvgIpc) is 2.80. The quantitative estimate of drug-likeness (QED) is 0.341. The molecule has 0 spiro atoms. The third-order valence-corrected chi connectivity index (χ3v) is 6.47. The van der Waals surface area contributed by atoms with Crippen molar-refractivity contribution < 1.29 is 28.6 Å². The topological polar surface area (TPSA) is 94.2 Å². The number of carbonyl (C=O) groups is 3. The van der Waals surface area contributed by atoms with Crippen molar-refractivity contribution in [2.75, 3.05) is 39.3 Å². The lowest BCUT2D eigenvalue weighted by Crippen LogP contribution is -2.43. The molecule has 0 amide bonds. The molecule has 1 aliphatic heterocycles. The van der Waals surface area contributed by atoms with Gasteiger partial charge < -0.3 is 24.4 Å². The second-order valence-electron chi connectivity index (χ2n) is 9.58. The van der Waals surface area contributed by atoms with Crippen molar-refractivity contribution in [3.05, 3.63) is 52.4 Å². The van der Waals surface area contributed by atoms with Crippen molar-refractivity contribution in [3.63, 3.8) is 0 Å². The molecule has 3 rings (SSSR count). The molecule has 1 aromatic carbocycles. The van der Waals surface area contributed by atoms with Crippen molar-refractivity contribution in [3.8, 4) is 0 Å². The maximum Gasteiger partial charge on any atom is 0.336 e. The van der Waals surface area contributed by atoms with Crippen molar-refractivity contribution in [2.24, 2.45) is 11.8 Å². The van der Waals surface area contributed by atoms with Crippen molar-refractivity contribution in [1.82, 2.24) is 5.32 Å². The molecule has 3 atom stereocenters. The van der Waals surface area contributed by atoms with Gasteiger partial charge in [0.05, 0.1) is 25.4 Å². The van der Waals surface area contributed by atoms with Crippen LogP contribution in [0.15, 0.2) is 46.8 Å². The number of ketones is 1. The molecule has 1 heterocycles. The Morgan fingerprint density at radius 2 is 1.80 bits per heavy atom. The van der Waals surface area contributed by atoms with Crippen LogP contribution in [-0.2, 0) is 28.6 Å². The second-order valence-corrected chi connectivity index (χ2v) is 9.58. The molecule has 0 bridgehead atoms. The van der Waals surface area contributed by atoms with Crippen LogP contribution in [0.1, 0.15) is 45.6 Å². The first-order chi connectivity index (χ1) is 16.6. The monoisotopic (exact) mass is 484 g/mol. The summed E-state index contributed by atoms with van der Waals surface area (Å²) < 4.78 is 16.0. The Morgan fingerprint density at radius 3 is 2.37 bits per heavy atom. The molecular weight excluding hydrogens is 448 g/mol. The first-order valence-electron chi connectivity index (χ1n) is 12.0. The predicted octanol–water partition coefficient (Wildman–Crippen LogP) is 3.33. The largest absolute Gasteiger partial charge is 0.468 e. The van der Waals surface area contributed by atoms with Crippen LogP contribution in [0.2, 0.25) is 0 Å². The van der Waals surface area contributed by atoms with Gasteiger partial charge in [-0.1, -0.05) is 19.1 Å². The number of hydrogen-bond acceptors (Lipinski definition) is 8. The first-order valence-corrected chi connectivity index (χ1v) is 12.0. The van der Waals surface area contributed by atoms with Crippen LogP contribution in [0.25, 0.3) is 0 Å². The molecule has 0 fully saturated rings. The number of hydrogen-bond donors (Lipinski definition) is 1. The fraction of sp³-hybridized carbons (Fsp3) is 0.519. The number of anilines is 1. The van der Waals surface area contributed by atoms with Gasteiger partial charge in [0.15, 0.2) is 5.78 Å². The number of esters is 2. The van der Waals surface area contributed by atoms with E-state index in [9.17, 15) is 14.4 Å². The van der Waals surface area contributed by atoms with E-state index in [2.05, 4.69) is 5.32 Å². The highest BCUT2D eigenvalue weighted by Gasteiger charge is 2.47. The summed E-state index contributed by atoms with van der Waals surface area (Å²) in [7, 11) is 5.17. The molecule has 0 saturated heterocycles. The SMILES string of the molecule is COC(=O)[C@@H]1C(=O)C2=C(C[C@H]1C)NC(C)=C(C(=O)OCCOC(C)C)[C@@H]2c1ccc(N(C)C)cc1. The lowest BCUT2D eigenvalue weighted by atomic mass is 9.69. The summed E-state index contributed by atoms with van der Waals surface area (Å²) in [6, 6.07) is 7.72. The molecule has 0 aromatic heterocycles. The highest BCUT2D eigenvalue weighted by Crippen LogP contribution is 2.45. The number of rotatable bonds is 8. The van der Waals surface area contributed by atoms with Crippen molar-refractivity contribution in [2.45, 2.75) is 46.1 Å². The van der Waals surface area contributed by atoms with E-state index in [1.54, 1.807) is 0 Å². The van der Waals surface area contributed by atoms with Crippen molar-refractivity contribution in [1.29, 1.82) is 0 Å². The summed E-state index contributed by atoms with van der Waals surface area (Å²) >= 11 is 0. The molecule has 190 valence electrons. The highest BCUT2D eigenvalue weighted by atomic mass is 16.6. The highest BCUT2D eigenvalue weighted by molar-refractivity contribution is 6.12. The van der Waals surface area contributed by atoms with E-state index >= 15 is 0 Å². The summed E-state index contributed by atoms with van der Waals surface area (Å²) in [5, 5.41) is 3.27. The Morgan fingerprint density at radius 1 is 1.14 bits per heavy atom. The van der Waals surface area contributed by atoms with E-state index in [1.807, 2.05) is 71.0 Å². The summed E-state index contributed by atoms with van der Waals surface area (Å²) in [5.41, 5.74) is 3.92. The van der Waals surface area contributed by atoms with Crippen LogP contribution in [0.3, 0.4) is 0 Å². The minimum absolute atomic E-state index is 0.0266. The zero-order chi connectivity index (χ0) is 25.9. The van der Waals surface area contributed by atoms with Gasteiger partial charge in [0.1, 0.15) is 12.5 Å². The van der Waals surface area contributed by atoms with Crippen LogP contribution in [0, 0.1) is 11.8 Å². The van der Waals surface area contributed by atoms with Crippen LogP contribution >= 0.6 is 0 Å². The number of Topliss-reactive ketones (excluding diaryl/α,β-unsaturated/α-hetero) is 1. The van der Waals surface area contributed by atoms with Gasteiger partial charge in [0.25, 0.3) is 0 Å². The molecule has 8 heteroatoms. The normalized spacial score (nSPS) is 22.1. The van der Waals surface area contributed by atoms with E-state index in [0.29, 0.717) is 23.3 Å². The van der Waals surface area contributed by atoms with Gasteiger partial charge in [-0.05, 0) is 50.8 Å². The molecule has 1 aromatic rings. The first kappa shape index (κ1) is 26.5. The van der Waals surface area contributed by atoms with Crippen LogP contribution in [0.4, 0.5) is 5.69 Å². The molecule has 1 N–H and O–H groups in total. The summed E-state index contributed by atoms with van der Waals surface area (Å²) in [6.07, 6.45) is 0.522. The van der Waals surface area contributed by atoms with Gasteiger partial charge in [0.2, 0.25) is 0 Å². The zero-order valence-corrected chi connectivity index (χ0v) is 21.6. The fourth-order valence-electron chi connectivity index (χ4n) is 4.75. The Kier molecular flexibility index (Phi) is 8.38. The number of ether oxygens (including phenoxy) is 3. The smallest absolute Gasteiger partial charge is 0.336 e. The van der Waals surface area contributed by atoms with E-state index < -0.39 is 23.8 Å². The minimum atomic E-state index is -0.917. The Bertz CT molecular complexity index is 1040. The zero-order valence-electron chi connectivity index (χ0n) is 21.6. The number of allylic oxidation sites excluding steroid dienone is 3. The Hall–Kier alpha value is -3.13. The maximum atomic E-state index is 13.7. The number of methoxy groups -OCH3 is 1. The summed E-state index contributed by atoms with van der Waals surface area (Å²) in [5.74, 6) is -3.20. The minimum Gasteiger partial charge on any atom is -0.468 e. The fourth-order valence-corrected chi connectivity index (χ4v) is 4.75. The van der Waals surface area contributed by atoms with Gasteiger partial charge in [0, 0.05) is 42.7 Å².